The molecule has 0 radical (unpaired) electrons. The van der Waals surface area contributed by atoms with Crippen LogP contribution in [0.25, 0.3) is 0 Å². The number of para-hydroxylation sites is 1. The van der Waals surface area contributed by atoms with Gasteiger partial charge >= 0.3 is 0 Å². The summed E-state index contributed by atoms with van der Waals surface area (Å²) in [5.41, 5.74) is 0.789. The van der Waals surface area contributed by atoms with Crippen LogP contribution in [-0.2, 0) is 0 Å². The molecule has 1 aromatic carbocycles. The van der Waals surface area contributed by atoms with Gasteiger partial charge in [-0.25, -0.2) is 0 Å². The summed E-state index contributed by atoms with van der Waals surface area (Å²) >= 11 is 9.25. The lowest BCUT2D eigenvalue weighted by atomic mass is 10.2. The number of aryl methyl sites for hydroxylation is 1. The van der Waals surface area contributed by atoms with Gasteiger partial charge in [-0.3, -0.25) is 10.1 Å². The molecule has 0 N–H and O–H groups in total. The van der Waals surface area contributed by atoms with Crippen molar-refractivity contribution in [1.82, 2.24) is 0 Å². The molecule has 1 rings (SSSR count). The Morgan fingerprint density at radius 2 is 2.20 bits per heavy atom. The molecule has 0 aliphatic rings. The number of nitro groups is 1. The second-order valence-corrected chi connectivity index (χ2v) is 5.14. The van der Waals surface area contributed by atoms with Crippen molar-refractivity contribution in [2.45, 2.75) is 13.8 Å². The maximum absolute atomic E-state index is 10.7. The minimum Gasteiger partial charge on any atom is -0.455 e. The molecule has 0 spiro atoms. The Morgan fingerprint density at radius 1 is 1.55 bits per heavy atom. The number of hydrogen-bond donors (Lipinski definition) is 0. The standard InChI is InChI=1S/C14H13BrClNO3/c1-4-11(17(18)19)8-12(15)10(3)20-14-9(2)6-5-7-13(14)16/h4-8H,3H2,1-2H3/b11-4+,12-8+. The lowest BCUT2D eigenvalue weighted by Crippen LogP contribution is -1.99. The molecule has 0 saturated carbocycles. The second kappa shape index (κ2) is 7.26. The Labute approximate surface area is 130 Å². The molecule has 4 nitrogen and oxygen atoms in total. The molecule has 0 fully saturated rings. The number of rotatable bonds is 5. The van der Waals surface area contributed by atoms with Gasteiger partial charge in [-0.05, 0) is 47.5 Å². The lowest BCUT2D eigenvalue weighted by Gasteiger charge is -2.11. The zero-order valence-electron chi connectivity index (χ0n) is 11.0. The first kappa shape index (κ1) is 16.5. The molecule has 106 valence electrons. The lowest BCUT2D eigenvalue weighted by molar-refractivity contribution is -0.419. The Hall–Kier alpha value is -1.59. The molecular weight excluding hydrogens is 346 g/mol. The maximum Gasteiger partial charge on any atom is 0.266 e. The van der Waals surface area contributed by atoms with E-state index < -0.39 is 4.92 Å². The molecule has 1 aromatic rings. The van der Waals surface area contributed by atoms with Crippen LogP contribution in [0.15, 0.2) is 52.9 Å². The summed E-state index contributed by atoms with van der Waals surface area (Å²) in [6, 6.07) is 5.35. The molecule has 0 aliphatic heterocycles. The van der Waals surface area contributed by atoms with Gasteiger partial charge in [-0.1, -0.05) is 30.3 Å². The molecule has 0 heterocycles. The number of hydrogen-bond acceptors (Lipinski definition) is 3. The van der Waals surface area contributed by atoms with Crippen LogP contribution in [0.5, 0.6) is 5.75 Å². The number of halogens is 2. The van der Waals surface area contributed by atoms with Gasteiger partial charge in [0.05, 0.1) is 14.4 Å². The smallest absolute Gasteiger partial charge is 0.266 e. The van der Waals surface area contributed by atoms with Crippen molar-refractivity contribution in [1.29, 1.82) is 0 Å². The van der Waals surface area contributed by atoms with Crippen LogP contribution in [0.4, 0.5) is 0 Å². The average Bonchev–Trinajstić information content (AvgIpc) is 2.39. The first-order valence-corrected chi connectivity index (χ1v) is 6.84. The highest BCUT2D eigenvalue weighted by Crippen LogP contribution is 2.31. The summed E-state index contributed by atoms with van der Waals surface area (Å²) < 4.78 is 5.95. The Bertz CT molecular complexity index is 588. The van der Waals surface area contributed by atoms with Gasteiger partial charge < -0.3 is 4.74 Å². The van der Waals surface area contributed by atoms with Crippen LogP contribution >= 0.6 is 27.5 Å². The summed E-state index contributed by atoms with van der Waals surface area (Å²) in [4.78, 5) is 10.2. The Morgan fingerprint density at radius 3 is 2.70 bits per heavy atom. The highest BCUT2D eigenvalue weighted by molar-refractivity contribution is 9.11. The van der Waals surface area contributed by atoms with E-state index in [4.69, 9.17) is 16.3 Å². The van der Waals surface area contributed by atoms with Crippen molar-refractivity contribution in [2.24, 2.45) is 0 Å². The number of ether oxygens (including phenoxy) is 1. The van der Waals surface area contributed by atoms with Crippen molar-refractivity contribution in [3.8, 4) is 5.75 Å². The molecule has 20 heavy (non-hydrogen) atoms. The number of nitrogens with zero attached hydrogens (tertiary/aromatic N) is 1. The van der Waals surface area contributed by atoms with Crippen molar-refractivity contribution < 1.29 is 9.66 Å². The molecular formula is C14H13BrClNO3. The number of allylic oxidation sites excluding steroid dienone is 3. The van der Waals surface area contributed by atoms with E-state index in [0.29, 0.717) is 15.3 Å². The molecule has 0 saturated heterocycles. The molecule has 6 heteroatoms. The fourth-order valence-electron chi connectivity index (χ4n) is 1.37. The third-order valence-electron chi connectivity index (χ3n) is 2.44. The second-order valence-electron chi connectivity index (χ2n) is 3.87. The zero-order valence-corrected chi connectivity index (χ0v) is 13.4. The van der Waals surface area contributed by atoms with Crippen molar-refractivity contribution in [3.05, 3.63) is 73.6 Å². The fourth-order valence-corrected chi connectivity index (χ4v) is 1.95. The summed E-state index contributed by atoms with van der Waals surface area (Å²) in [5.74, 6) is 0.718. The monoisotopic (exact) mass is 357 g/mol. The molecule has 0 atom stereocenters. The average molecular weight is 359 g/mol. The van der Waals surface area contributed by atoms with Crippen LogP contribution in [-0.4, -0.2) is 4.92 Å². The highest BCUT2D eigenvalue weighted by Gasteiger charge is 2.12. The van der Waals surface area contributed by atoms with E-state index in [1.807, 2.05) is 19.1 Å². The van der Waals surface area contributed by atoms with Crippen molar-refractivity contribution in [3.63, 3.8) is 0 Å². The van der Waals surface area contributed by atoms with Crippen LogP contribution in [0.3, 0.4) is 0 Å². The van der Waals surface area contributed by atoms with Crippen LogP contribution < -0.4 is 4.74 Å². The molecule has 0 amide bonds. The van der Waals surface area contributed by atoms with E-state index in [-0.39, 0.29) is 11.5 Å². The van der Waals surface area contributed by atoms with Gasteiger partial charge in [0.1, 0.15) is 11.5 Å². The van der Waals surface area contributed by atoms with Gasteiger partial charge in [0.25, 0.3) is 5.70 Å². The van der Waals surface area contributed by atoms with Gasteiger partial charge in [-0.2, -0.15) is 0 Å². The normalized spacial score (nSPS) is 12.2. The van der Waals surface area contributed by atoms with Crippen LogP contribution in [0.2, 0.25) is 5.02 Å². The minimum absolute atomic E-state index is 0.0579. The first-order chi connectivity index (χ1) is 9.36. The third kappa shape index (κ3) is 4.21. The van der Waals surface area contributed by atoms with Crippen LogP contribution in [0, 0.1) is 17.0 Å². The zero-order chi connectivity index (χ0) is 15.3. The van der Waals surface area contributed by atoms with Crippen molar-refractivity contribution in [2.75, 3.05) is 0 Å². The van der Waals surface area contributed by atoms with E-state index in [1.165, 1.54) is 12.2 Å². The van der Waals surface area contributed by atoms with E-state index in [2.05, 4.69) is 22.5 Å². The summed E-state index contributed by atoms with van der Waals surface area (Å²) in [7, 11) is 0. The molecule has 0 aromatic heterocycles. The first-order valence-electron chi connectivity index (χ1n) is 5.67. The molecule has 0 aliphatic carbocycles. The predicted octanol–water partition coefficient (Wildman–Crippen LogP) is 5.00. The third-order valence-corrected chi connectivity index (χ3v) is 3.41. The van der Waals surface area contributed by atoms with E-state index in [1.54, 1.807) is 13.0 Å². The minimum atomic E-state index is -0.491. The fraction of sp³-hybridized carbons (Fsp3) is 0.143. The topological polar surface area (TPSA) is 52.4 Å². The van der Waals surface area contributed by atoms with E-state index in [9.17, 15) is 10.1 Å². The Balaban J connectivity index is 2.97. The van der Waals surface area contributed by atoms with E-state index >= 15 is 0 Å². The Kier molecular flexibility index (Phi) is 5.98. The van der Waals surface area contributed by atoms with Crippen molar-refractivity contribution >= 4 is 27.5 Å². The summed E-state index contributed by atoms with van der Waals surface area (Å²) in [6.45, 7) is 7.16. The van der Waals surface area contributed by atoms with Crippen LogP contribution in [0.1, 0.15) is 12.5 Å². The number of benzene rings is 1. The largest absolute Gasteiger partial charge is 0.455 e. The maximum atomic E-state index is 10.7. The predicted molar refractivity (Wildman–Crippen MR) is 83.7 cm³/mol. The quantitative estimate of drug-likeness (QED) is 0.322. The van der Waals surface area contributed by atoms with Gasteiger partial charge in [0, 0.05) is 6.08 Å². The van der Waals surface area contributed by atoms with E-state index in [0.717, 1.165) is 5.56 Å². The van der Waals surface area contributed by atoms with Gasteiger partial charge in [0.2, 0.25) is 0 Å². The van der Waals surface area contributed by atoms with Gasteiger partial charge in [0.15, 0.2) is 0 Å². The molecule has 0 unspecified atom stereocenters. The summed E-state index contributed by atoms with van der Waals surface area (Å²) in [5, 5.41) is 11.2. The molecule has 0 bridgehead atoms. The van der Waals surface area contributed by atoms with Gasteiger partial charge in [-0.15, -0.1) is 0 Å². The SMILES string of the molecule is C=C(Oc1c(C)cccc1Cl)/C(Br)=C\C(=C/C)[N+](=O)[O-]. The highest BCUT2D eigenvalue weighted by atomic mass is 79.9. The summed E-state index contributed by atoms with van der Waals surface area (Å²) in [6.07, 6.45) is 2.71.